The van der Waals surface area contributed by atoms with Gasteiger partial charge >= 0.3 is 0 Å². The smallest absolute Gasteiger partial charge is 0.118 e. The molecular weight excluding hydrogens is 180 g/mol. The molecule has 0 aromatic heterocycles. The molecule has 0 radical (unpaired) electrons. The second-order valence-corrected chi connectivity index (χ2v) is 12.0. The van der Waals surface area contributed by atoms with Gasteiger partial charge in [0.25, 0.3) is 0 Å². The second kappa shape index (κ2) is 5.33. The first kappa shape index (κ1) is 10.6. The summed E-state index contributed by atoms with van der Waals surface area (Å²) < 4.78 is 0. The van der Waals surface area contributed by atoms with Crippen LogP contribution in [-0.4, -0.2) is 13.0 Å². The predicted molar refractivity (Wildman–Crippen MR) is 62.4 cm³/mol. The molecule has 0 aliphatic carbocycles. The first-order valence-corrected chi connectivity index (χ1v) is 9.80. The van der Waals surface area contributed by atoms with Crippen molar-refractivity contribution in [2.45, 2.75) is 57.7 Å². The van der Waals surface area contributed by atoms with Crippen LogP contribution in [0.2, 0.25) is 18.1 Å². The number of unbranched alkanes of at least 4 members (excludes halogenated alkanes) is 2. The van der Waals surface area contributed by atoms with Gasteiger partial charge in [-0.15, -0.1) is 0 Å². The second-order valence-electron chi connectivity index (χ2n) is 3.99. The summed E-state index contributed by atoms with van der Waals surface area (Å²) in [6.45, 7) is 4.65. The summed E-state index contributed by atoms with van der Waals surface area (Å²) in [5.74, 6) is 1.49. The Kier molecular flexibility index (Phi) is 4.73. The van der Waals surface area contributed by atoms with Crippen LogP contribution in [-0.2, 0) is 0 Å². The predicted octanol–water partition coefficient (Wildman–Crippen LogP) is 4.28. The van der Waals surface area contributed by atoms with Crippen LogP contribution in [0.15, 0.2) is 0 Å². The quantitative estimate of drug-likeness (QED) is 0.579. The lowest BCUT2D eigenvalue weighted by atomic mass is 10.4. The molecule has 0 aromatic carbocycles. The van der Waals surface area contributed by atoms with Gasteiger partial charge in [-0.2, -0.15) is 11.2 Å². The minimum atomic E-state index is -0.668. The molecule has 0 aromatic rings. The third-order valence-electron chi connectivity index (χ3n) is 2.94. The van der Waals surface area contributed by atoms with E-state index in [4.69, 9.17) is 0 Å². The highest BCUT2D eigenvalue weighted by atomic mass is 32.4. The van der Waals surface area contributed by atoms with E-state index in [0.29, 0.717) is 0 Å². The lowest BCUT2D eigenvalue weighted by Gasteiger charge is -2.39. The molecule has 2 heteroatoms. The van der Waals surface area contributed by atoms with Crippen LogP contribution in [0.4, 0.5) is 0 Å². The van der Waals surface area contributed by atoms with Gasteiger partial charge in [0.1, 0.15) is 7.22 Å². The monoisotopic (exact) mass is 202 g/mol. The molecule has 0 bridgehead atoms. The molecule has 1 saturated heterocycles. The summed E-state index contributed by atoms with van der Waals surface area (Å²) in [4.78, 5) is 0. The van der Waals surface area contributed by atoms with Crippen LogP contribution in [0.5, 0.6) is 0 Å². The zero-order valence-electron chi connectivity index (χ0n) is 8.57. The summed E-state index contributed by atoms with van der Waals surface area (Å²) >= 11 is 2.37. The van der Waals surface area contributed by atoms with Crippen molar-refractivity contribution in [2.24, 2.45) is 0 Å². The van der Waals surface area contributed by atoms with Gasteiger partial charge in [-0.05, 0) is 23.9 Å². The molecule has 0 atom stereocenters. The Morgan fingerprint density at radius 2 is 1.58 bits per heavy atom. The molecule has 1 heterocycles. The van der Waals surface area contributed by atoms with Crippen molar-refractivity contribution in [1.29, 1.82) is 0 Å². The Balaban J connectivity index is 2.19. The number of hydrogen-bond donors (Lipinski definition) is 0. The van der Waals surface area contributed by atoms with Crippen molar-refractivity contribution >= 4 is 18.4 Å². The average Bonchev–Trinajstić information content (AvgIpc) is 2.02. The Hall–Kier alpha value is 0.567. The van der Waals surface area contributed by atoms with Gasteiger partial charge < -0.3 is 0 Å². The maximum Gasteiger partial charge on any atom is 0.118 e. The summed E-state index contributed by atoms with van der Waals surface area (Å²) in [6.07, 6.45) is 5.81. The fraction of sp³-hybridized carbons (Fsp3) is 1.00. The molecule has 1 aliphatic heterocycles. The highest BCUT2D eigenvalue weighted by Crippen LogP contribution is 2.45. The van der Waals surface area contributed by atoms with Crippen molar-refractivity contribution in [3.63, 3.8) is 0 Å². The van der Waals surface area contributed by atoms with Crippen LogP contribution in [0.25, 0.3) is 0 Å². The topological polar surface area (TPSA) is 0 Å². The van der Waals surface area contributed by atoms with Gasteiger partial charge in [0.15, 0.2) is 0 Å². The van der Waals surface area contributed by atoms with E-state index in [-0.39, 0.29) is 0 Å². The maximum absolute atomic E-state index is 2.37. The lowest BCUT2D eigenvalue weighted by Crippen LogP contribution is -2.39. The van der Waals surface area contributed by atoms with Gasteiger partial charge in [-0.1, -0.05) is 39.5 Å². The minimum absolute atomic E-state index is 0.668. The van der Waals surface area contributed by atoms with E-state index in [9.17, 15) is 0 Å². The van der Waals surface area contributed by atoms with Gasteiger partial charge in [-0.25, -0.2) is 0 Å². The zero-order chi connectivity index (χ0) is 8.86. The van der Waals surface area contributed by atoms with E-state index in [1.54, 1.807) is 18.1 Å². The van der Waals surface area contributed by atoms with E-state index in [1.807, 2.05) is 0 Å². The molecule has 0 unspecified atom stereocenters. The maximum atomic E-state index is 2.37. The van der Waals surface area contributed by atoms with Crippen LogP contribution < -0.4 is 0 Å². The molecule has 0 saturated carbocycles. The Morgan fingerprint density at radius 1 is 1.08 bits per heavy atom. The first-order valence-electron chi connectivity index (χ1n) is 5.47. The molecule has 0 N–H and O–H groups in total. The standard InChI is InChI=1S/C10H22SSi/c1-3-5-8-12(9-6-4-2)10-7-11-12/h3-10H2,1-2H3. The van der Waals surface area contributed by atoms with Gasteiger partial charge in [0.05, 0.1) is 0 Å². The van der Waals surface area contributed by atoms with Crippen molar-refractivity contribution < 1.29 is 0 Å². The third kappa shape index (κ3) is 2.81. The van der Waals surface area contributed by atoms with Gasteiger partial charge in [0, 0.05) is 0 Å². The Morgan fingerprint density at radius 3 is 1.83 bits per heavy atom. The van der Waals surface area contributed by atoms with Gasteiger partial charge in [0.2, 0.25) is 0 Å². The average molecular weight is 202 g/mol. The van der Waals surface area contributed by atoms with E-state index >= 15 is 0 Å². The largest absolute Gasteiger partial charge is 0.185 e. The molecular formula is C10H22SSi. The van der Waals surface area contributed by atoms with E-state index in [0.717, 1.165) is 0 Å². The van der Waals surface area contributed by atoms with Crippen LogP contribution in [0.1, 0.15) is 39.5 Å². The van der Waals surface area contributed by atoms with Crippen molar-refractivity contribution in [3.8, 4) is 0 Å². The highest BCUT2D eigenvalue weighted by Gasteiger charge is 2.38. The highest BCUT2D eigenvalue weighted by molar-refractivity contribution is 8.31. The van der Waals surface area contributed by atoms with Crippen molar-refractivity contribution in [3.05, 3.63) is 0 Å². The Bertz CT molecular complexity index is 111. The number of hydrogen-bond acceptors (Lipinski definition) is 1. The Labute approximate surface area is 82.2 Å². The minimum Gasteiger partial charge on any atom is -0.185 e. The molecule has 1 fully saturated rings. The SMILES string of the molecule is CCCC[Si]1(CCCC)CCS1. The van der Waals surface area contributed by atoms with Crippen LogP contribution in [0, 0.1) is 0 Å². The molecule has 1 rings (SSSR count). The van der Waals surface area contributed by atoms with E-state index in [1.165, 1.54) is 31.4 Å². The number of rotatable bonds is 6. The fourth-order valence-electron chi connectivity index (χ4n) is 1.91. The van der Waals surface area contributed by atoms with Crippen LogP contribution in [0.3, 0.4) is 0 Å². The molecule has 0 amide bonds. The first-order chi connectivity index (χ1) is 5.83. The normalized spacial score (nSPS) is 20.5. The molecule has 0 nitrogen and oxygen atoms in total. The summed E-state index contributed by atoms with van der Waals surface area (Å²) in [7, 11) is -0.668. The summed E-state index contributed by atoms with van der Waals surface area (Å²) in [5.41, 5.74) is 0. The molecule has 0 spiro atoms. The van der Waals surface area contributed by atoms with Gasteiger partial charge in [-0.3, -0.25) is 0 Å². The van der Waals surface area contributed by atoms with E-state index in [2.05, 4.69) is 25.1 Å². The lowest BCUT2D eigenvalue weighted by molar-refractivity contribution is 0.831. The van der Waals surface area contributed by atoms with E-state index < -0.39 is 7.22 Å². The molecule has 12 heavy (non-hydrogen) atoms. The van der Waals surface area contributed by atoms with Crippen molar-refractivity contribution in [1.82, 2.24) is 0 Å². The summed E-state index contributed by atoms with van der Waals surface area (Å²) in [6, 6.07) is 4.88. The molecule has 1 aliphatic rings. The third-order valence-corrected chi connectivity index (χ3v) is 12.3. The van der Waals surface area contributed by atoms with Crippen molar-refractivity contribution in [2.75, 3.05) is 5.75 Å². The fourth-order valence-corrected chi connectivity index (χ4v) is 9.80. The molecule has 72 valence electrons. The van der Waals surface area contributed by atoms with Crippen LogP contribution >= 0.6 is 11.2 Å². The zero-order valence-corrected chi connectivity index (χ0v) is 10.4. The summed E-state index contributed by atoms with van der Waals surface area (Å²) in [5, 5.41) is 0.